The minimum absolute atomic E-state index is 0.164. The van der Waals surface area contributed by atoms with Gasteiger partial charge in [-0.25, -0.2) is 4.79 Å². The van der Waals surface area contributed by atoms with Crippen LogP contribution in [0, 0.1) is 12.3 Å². The molecule has 0 aromatic carbocycles. The summed E-state index contributed by atoms with van der Waals surface area (Å²) in [7, 11) is 3.79. The van der Waals surface area contributed by atoms with Crippen LogP contribution in [0.4, 0.5) is 10.5 Å². The van der Waals surface area contributed by atoms with Gasteiger partial charge < -0.3 is 15.0 Å². The molecule has 0 aliphatic carbocycles. The third kappa shape index (κ3) is 5.92. The van der Waals surface area contributed by atoms with Gasteiger partial charge in [0.1, 0.15) is 5.60 Å². The zero-order valence-corrected chi connectivity index (χ0v) is 18.5. The van der Waals surface area contributed by atoms with Crippen LogP contribution in [-0.2, 0) is 4.74 Å². The van der Waals surface area contributed by atoms with E-state index in [2.05, 4.69) is 52.5 Å². The molecule has 1 aromatic rings. The van der Waals surface area contributed by atoms with Crippen LogP contribution in [0.3, 0.4) is 0 Å². The Kier molecular flexibility index (Phi) is 6.70. The summed E-state index contributed by atoms with van der Waals surface area (Å²) in [6.45, 7) is 14.2. The Morgan fingerprint density at radius 2 is 2.07 bits per heavy atom. The summed E-state index contributed by atoms with van der Waals surface area (Å²) < 4.78 is 5.30. The number of ether oxygens (including phenoxy) is 1. The van der Waals surface area contributed by atoms with E-state index in [1.807, 2.05) is 33.9 Å². The fraction of sp³-hybridized carbons (Fsp3) is 0.667. The summed E-state index contributed by atoms with van der Waals surface area (Å²) in [5, 5.41) is 5.86. The summed E-state index contributed by atoms with van der Waals surface area (Å²) in [6, 6.07) is 2.13. The minimum Gasteiger partial charge on any atom is -0.444 e. The first-order valence-electron chi connectivity index (χ1n) is 9.80. The first-order valence-corrected chi connectivity index (χ1v) is 9.80. The van der Waals surface area contributed by atoms with Crippen LogP contribution < -0.4 is 10.6 Å². The Morgan fingerprint density at radius 1 is 1.39 bits per heavy atom. The highest BCUT2D eigenvalue weighted by molar-refractivity contribution is 6.02. The summed E-state index contributed by atoms with van der Waals surface area (Å²) >= 11 is 0. The SMILES string of the molecule is CN=C(NC(=O)OC(C)(C)C)Nc1cc(C2CCN(C)CC2(C)C)cnc1C. The lowest BCUT2D eigenvalue weighted by Crippen LogP contribution is -2.42. The smallest absolute Gasteiger partial charge is 0.414 e. The molecule has 7 nitrogen and oxygen atoms in total. The number of amides is 1. The molecule has 2 heterocycles. The van der Waals surface area contributed by atoms with Gasteiger partial charge in [0, 0.05) is 19.8 Å². The number of piperidine rings is 1. The Morgan fingerprint density at radius 3 is 2.64 bits per heavy atom. The zero-order valence-electron chi connectivity index (χ0n) is 18.5. The highest BCUT2D eigenvalue weighted by atomic mass is 16.6. The van der Waals surface area contributed by atoms with Gasteiger partial charge in [0.2, 0.25) is 5.96 Å². The molecule has 1 atom stereocenters. The van der Waals surface area contributed by atoms with Gasteiger partial charge in [0.15, 0.2) is 0 Å². The van der Waals surface area contributed by atoms with Gasteiger partial charge in [-0.05, 0) is 70.7 Å². The molecular weight excluding hydrogens is 354 g/mol. The number of nitrogens with zero attached hydrogens (tertiary/aromatic N) is 3. The molecule has 1 amide bonds. The number of guanidine groups is 1. The van der Waals surface area contributed by atoms with E-state index in [4.69, 9.17) is 4.74 Å². The monoisotopic (exact) mass is 389 g/mol. The molecule has 1 fully saturated rings. The Hall–Kier alpha value is -2.15. The first kappa shape index (κ1) is 22.1. The van der Waals surface area contributed by atoms with Crippen molar-refractivity contribution in [2.45, 2.75) is 59.5 Å². The first-order chi connectivity index (χ1) is 12.9. The van der Waals surface area contributed by atoms with Crippen molar-refractivity contribution in [2.24, 2.45) is 10.4 Å². The number of likely N-dealkylation sites (tertiary alicyclic amines) is 1. The van der Waals surface area contributed by atoms with Crippen LogP contribution in [0.5, 0.6) is 0 Å². The lowest BCUT2D eigenvalue weighted by atomic mass is 9.71. The van der Waals surface area contributed by atoms with E-state index in [0.29, 0.717) is 11.9 Å². The highest BCUT2D eigenvalue weighted by Crippen LogP contribution is 2.42. The van der Waals surface area contributed by atoms with E-state index < -0.39 is 11.7 Å². The van der Waals surface area contributed by atoms with Crippen molar-refractivity contribution in [3.8, 4) is 0 Å². The maximum Gasteiger partial charge on any atom is 0.414 e. The number of aromatic nitrogens is 1. The van der Waals surface area contributed by atoms with E-state index in [0.717, 1.165) is 30.9 Å². The Balaban J connectivity index is 2.17. The predicted molar refractivity (Wildman–Crippen MR) is 114 cm³/mol. The number of anilines is 1. The molecule has 0 saturated carbocycles. The number of alkyl carbamates (subject to hydrolysis) is 1. The second-order valence-electron chi connectivity index (χ2n) is 9.29. The van der Waals surface area contributed by atoms with Gasteiger partial charge in [-0.2, -0.15) is 0 Å². The lowest BCUT2D eigenvalue weighted by molar-refractivity contribution is 0.0563. The fourth-order valence-corrected chi connectivity index (χ4v) is 3.78. The van der Waals surface area contributed by atoms with Gasteiger partial charge in [-0.3, -0.25) is 15.3 Å². The number of aliphatic imine (C=N–C) groups is 1. The number of hydrogen-bond acceptors (Lipinski definition) is 5. The number of rotatable bonds is 2. The average Bonchev–Trinajstić information content (AvgIpc) is 2.53. The molecule has 2 rings (SSSR count). The van der Waals surface area contributed by atoms with Gasteiger partial charge in [-0.15, -0.1) is 0 Å². The van der Waals surface area contributed by atoms with Crippen molar-refractivity contribution in [1.29, 1.82) is 0 Å². The summed E-state index contributed by atoms with van der Waals surface area (Å²) in [6.07, 6.45) is 2.53. The second kappa shape index (κ2) is 8.47. The van der Waals surface area contributed by atoms with Crippen molar-refractivity contribution >= 4 is 17.7 Å². The molecular formula is C21H35N5O2. The second-order valence-corrected chi connectivity index (χ2v) is 9.29. The molecule has 1 aliphatic rings. The van der Waals surface area contributed by atoms with Crippen molar-refractivity contribution < 1.29 is 9.53 Å². The topological polar surface area (TPSA) is 78.8 Å². The van der Waals surface area contributed by atoms with E-state index in [9.17, 15) is 4.79 Å². The molecule has 0 spiro atoms. The van der Waals surface area contributed by atoms with E-state index >= 15 is 0 Å². The zero-order chi connectivity index (χ0) is 21.1. The van der Waals surface area contributed by atoms with Crippen molar-refractivity contribution in [2.75, 3.05) is 32.5 Å². The number of pyridine rings is 1. The largest absolute Gasteiger partial charge is 0.444 e. The number of carbonyl (C=O) groups is 1. The fourth-order valence-electron chi connectivity index (χ4n) is 3.78. The number of hydrogen-bond donors (Lipinski definition) is 2. The number of nitrogens with one attached hydrogen (secondary N) is 2. The van der Waals surface area contributed by atoms with E-state index in [-0.39, 0.29) is 5.41 Å². The molecule has 1 unspecified atom stereocenters. The molecule has 2 N–H and O–H groups in total. The lowest BCUT2D eigenvalue weighted by Gasteiger charge is -2.43. The molecule has 156 valence electrons. The molecule has 0 radical (unpaired) electrons. The molecule has 28 heavy (non-hydrogen) atoms. The summed E-state index contributed by atoms with van der Waals surface area (Å²) in [5.41, 5.74) is 2.49. The number of carbonyl (C=O) groups excluding carboxylic acids is 1. The van der Waals surface area contributed by atoms with Crippen LogP contribution in [0.15, 0.2) is 17.3 Å². The van der Waals surface area contributed by atoms with Crippen LogP contribution in [0.25, 0.3) is 0 Å². The third-order valence-corrected chi connectivity index (χ3v) is 5.03. The standard InChI is InChI=1S/C21H35N5O2/c1-14-17(24-18(22-7)25-19(27)28-20(2,3)4)11-15(12-23-14)16-9-10-26(8)13-21(16,5)6/h11-12,16H,9-10,13H2,1-8H3,(H2,22,24,25,27). The molecule has 0 bridgehead atoms. The third-order valence-electron chi connectivity index (χ3n) is 5.03. The quantitative estimate of drug-likeness (QED) is 0.595. The van der Waals surface area contributed by atoms with Gasteiger partial charge in [0.05, 0.1) is 11.4 Å². The van der Waals surface area contributed by atoms with Crippen molar-refractivity contribution in [3.63, 3.8) is 0 Å². The molecule has 1 aliphatic heterocycles. The van der Waals surface area contributed by atoms with Crippen LogP contribution in [0.2, 0.25) is 0 Å². The van der Waals surface area contributed by atoms with Crippen molar-refractivity contribution in [1.82, 2.24) is 15.2 Å². The van der Waals surface area contributed by atoms with E-state index in [1.165, 1.54) is 5.56 Å². The Bertz CT molecular complexity index is 737. The Labute approximate surface area is 169 Å². The van der Waals surface area contributed by atoms with E-state index in [1.54, 1.807) is 7.05 Å². The van der Waals surface area contributed by atoms with Gasteiger partial charge in [0.25, 0.3) is 0 Å². The minimum atomic E-state index is -0.569. The van der Waals surface area contributed by atoms with Gasteiger partial charge >= 0.3 is 6.09 Å². The molecule has 7 heteroatoms. The summed E-state index contributed by atoms with van der Waals surface area (Å²) in [5.74, 6) is 0.761. The van der Waals surface area contributed by atoms with Crippen LogP contribution in [-0.4, -0.2) is 54.7 Å². The maximum absolute atomic E-state index is 12.1. The van der Waals surface area contributed by atoms with Gasteiger partial charge in [-0.1, -0.05) is 13.8 Å². The average molecular weight is 390 g/mol. The highest BCUT2D eigenvalue weighted by Gasteiger charge is 2.36. The normalized spacial score (nSPS) is 20.6. The number of aryl methyl sites for hydroxylation is 1. The molecule has 1 aromatic heterocycles. The summed E-state index contributed by atoms with van der Waals surface area (Å²) in [4.78, 5) is 23.2. The van der Waals surface area contributed by atoms with Crippen LogP contribution in [0.1, 0.15) is 58.2 Å². The van der Waals surface area contributed by atoms with Crippen LogP contribution >= 0.6 is 0 Å². The molecule has 1 saturated heterocycles. The predicted octanol–water partition coefficient (Wildman–Crippen LogP) is 3.76. The van der Waals surface area contributed by atoms with Crippen molar-refractivity contribution in [3.05, 3.63) is 23.5 Å². The maximum atomic E-state index is 12.1.